The van der Waals surface area contributed by atoms with Gasteiger partial charge >= 0.3 is 0 Å². The van der Waals surface area contributed by atoms with Gasteiger partial charge in [0.2, 0.25) is 0 Å². The van der Waals surface area contributed by atoms with Crippen LogP contribution in [0.3, 0.4) is 0 Å². The molecule has 0 aromatic heterocycles. The second kappa shape index (κ2) is 6.23. The largest absolute Gasteiger partial charge is 0.101 e. The first-order chi connectivity index (χ1) is 7.12. The predicted molar refractivity (Wildman–Crippen MR) is 85.1 cm³/mol. The summed E-state index contributed by atoms with van der Waals surface area (Å²) in [6, 6.07) is 10.6. The Morgan fingerprint density at radius 3 is 2.47 bits per heavy atom. The van der Waals surface area contributed by atoms with Crippen molar-refractivity contribution < 1.29 is 0 Å². The van der Waals surface area contributed by atoms with Crippen LogP contribution >= 0.6 is 45.2 Å². The molecule has 0 saturated heterocycles. The second-order valence-corrected chi connectivity index (χ2v) is 7.33. The Kier molecular flexibility index (Phi) is 5.60. The van der Waals surface area contributed by atoms with Crippen LogP contribution in [0.2, 0.25) is 0 Å². The lowest BCUT2D eigenvalue weighted by Gasteiger charge is -2.26. The summed E-state index contributed by atoms with van der Waals surface area (Å²) >= 11 is 5.05. The molecule has 0 aliphatic heterocycles. The van der Waals surface area contributed by atoms with E-state index >= 15 is 0 Å². The van der Waals surface area contributed by atoms with Crippen molar-refractivity contribution in [3.63, 3.8) is 0 Å². The molecule has 0 radical (unpaired) electrons. The number of alkyl halides is 2. The number of benzene rings is 1. The molecular formula is C13H16I2. The van der Waals surface area contributed by atoms with E-state index in [0.717, 1.165) is 6.42 Å². The molecule has 0 aliphatic rings. The Morgan fingerprint density at radius 2 is 2.00 bits per heavy atom. The molecule has 82 valence electrons. The average molecular weight is 426 g/mol. The minimum Gasteiger partial charge on any atom is -0.101 e. The van der Waals surface area contributed by atoms with E-state index < -0.39 is 0 Å². The molecule has 0 nitrogen and oxygen atoms in total. The van der Waals surface area contributed by atoms with Gasteiger partial charge < -0.3 is 0 Å². The molecule has 0 amide bonds. The lowest BCUT2D eigenvalue weighted by atomic mass is 9.94. The van der Waals surface area contributed by atoms with Crippen LogP contribution in [-0.2, 0) is 3.42 Å². The SMILES string of the molecule is C=C[C@@](I)(CC(I)CC)c1ccccc1. The second-order valence-electron chi connectivity index (χ2n) is 3.64. The molecule has 0 fully saturated rings. The number of hydrogen-bond acceptors (Lipinski definition) is 0. The minimum atomic E-state index is 0.0842. The number of hydrogen-bond donors (Lipinski definition) is 0. The average Bonchev–Trinajstić information content (AvgIpc) is 2.30. The molecule has 1 unspecified atom stereocenters. The first-order valence-electron chi connectivity index (χ1n) is 5.14. The predicted octanol–water partition coefficient (Wildman–Crippen LogP) is 5.11. The maximum absolute atomic E-state index is 3.99. The fourth-order valence-corrected chi connectivity index (χ4v) is 3.93. The molecule has 1 aromatic carbocycles. The first-order valence-corrected chi connectivity index (χ1v) is 7.47. The third-order valence-electron chi connectivity index (χ3n) is 2.54. The monoisotopic (exact) mass is 426 g/mol. The Hall–Kier alpha value is 0.420. The summed E-state index contributed by atoms with van der Waals surface area (Å²) < 4.78 is 0.790. The zero-order chi connectivity index (χ0) is 11.3. The van der Waals surface area contributed by atoms with Gasteiger partial charge in [-0.3, -0.25) is 0 Å². The van der Waals surface area contributed by atoms with E-state index in [2.05, 4.69) is 95.1 Å². The van der Waals surface area contributed by atoms with E-state index in [4.69, 9.17) is 0 Å². The first kappa shape index (κ1) is 13.5. The smallest absolute Gasteiger partial charge is 0.0657 e. The minimum absolute atomic E-state index is 0.0842. The molecule has 1 rings (SSSR count). The van der Waals surface area contributed by atoms with Crippen molar-refractivity contribution in [1.82, 2.24) is 0 Å². The standard InChI is InChI=1S/C13H16I2/c1-3-12(14)10-13(15,4-2)11-8-6-5-7-9-11/h4-9,12H,2-3,10H2,1H3/t12?,13-/m1/s1. The number of halogens is 2. The van der Waals surface area contributed by atoms with Crippen LogP contribution < -0.4 is 0 Å². The van der Waals surface area contributed by atoms with Gasteiger partial charge in [0.25, 0.3) is 0 Å². The molecule has 0 heterocycles. The van der Waals surface area contributed by atoms with Gasteiger partial charge in [-0.05, 0) is 18.4 Å². The lowest BCUT2D eigenvalue weighted by Crippen LogP contribution is -2.19. The highest BCUT2D eigenvalue weighted by molar-refractivity contribution is 14.1. The molecule has 0 bridgehead atoms. The van der Waals surface area contributed by atoms with Gasteiger partial charge in [0.05, 0.1) is 3.42 Å². The van der Waals surface area contributed by atoms with Gasteiger partial charge in [-0.2, -0.15) is 0 Å². The molecule has 2 heteroatoms. The van der Waals surface area contributed by atoms with Gasteiger partial charge in [-0.25, -0.2) is 0 Å². The van der Waals surface area contributed by atoms with E-state index in [1.807, 2.05) is 0 Å². The number of rotatable bonds is 5. The van der Waals surface area contributed by atoms with Crippen LogP contribution in [-0.4, -0.2) is 3.92 Å². The topological polar surface area (TPSA) is 0 Å². The summed E-state index contributed by atoms with van der Waals surface area (Å²) in [6.07, 6.45) is 4.44. The van der Waals surface area contributed by atoms with Crippen LogP contribution in [0.5, 0.6) is 0 Å². The third-order valence-corrected chi connectivity index (χ3v) is 5.36. The van der Waals surface area contributed by atoms with E-state index in [1.54, 1.807) is 0 Å². The summed E-state index contributed by atoms with van der Waals surface area (Å²) in [5.74, 6) is 0. The van der Waals surface area contributed by atoms with Crippen molar-refractivity contribution in [2.45, 2.75) is 27.1 Å². The molecular weight excluding hydrogens is 410 g/mol. The highest BCUT2D eigenvalue weighted by Gasteiger charge is 2.27. The summed E-state index contributed by atoms with van der Waals surface area (Å²) in [7, 11) is 0. The van der Waals surface area contributed by atoms with E-state index in [0.29, 0.717) is 3.92 Å². The summed E-state index contributed by atoms with van der Waals surface area (Å²) in [5, 5.41) is 0. The summed E-state index contributed by atoms with van der Waals surface area (Å²) in [6.45, 7) is 6.22. The zero-order valence-electron chi connectivity index (χ0n) is 8.92. The van der Waals surface area contributed by atoms with Crippen LogP contribution in [0.4, 0.5) is 0 Å². The fourth-order valence-electron chi connectivity index (χ4n) is 1.50. The quantitative estimate of drug-likeness (QED) is 0.349. The number of allylic oxidation sites excluding steroid dienone is 1. The van der Waals surface area contributed by atoms with Gasteiger partial charge in [-0.1, -0.05) is 88.5 Å². The third kappa shape index (κ3) is 3.73. The van der Waals surface area contributed by atoms with E-state index in [-0.39, 0.29) is 3.42 Å². The van der Waals surface area contributed by atoms with Crippen molar-refractivity contribution in [3.8, 4) is 0 Å². The maximum atomic E-state index is 3.99. The molecule has 1 aromatic rings. The lowest BCUT2D eigenvalue weighted by molar-refractivity contribution is 0.677. The van der Waals surface area contributed by atoms with Crippen LogP contribution in [0.15, 0.2) is 43.0 Å². The fraction of sp³-hybridized carbons (Fsp3) is 0.385. The van der Waals surface area contributed by atoms with Crippen LogP contribution in [0.1, 0.15) is 25.3 Å². The normalized spacial score (nSPS) is 16.7. The highest BCUT2D eigenvalue weighted by atomic mass is 127. The Balaban J connectivity index is 2.90. The van der Waals surface area contributed by atoms with Crippen LogP contribution in [0.25, 0.3) is 0 Å². The summed E-state index contributed by atoms with van der Waals surface area (Å²) in [4.78, 5) is 0. The molecule has 0 spiro atoms. The van der Waals surface area contributed by atoms with Gasteiger partial charge in [0, 0.05) is 3.92 Å². The molecule has 0 saturated carbocycles. The van der Waals surface area contributed by atoms with Crippen molar-refractivity contribution in [3.05, 3.63) is 48.6 Å². The van der Waals surface area contributed by atoms with E-state index in [9.17, 15) is 0 Å². The maximum Gasteiger partial charge on any atom is 0.0657 e. The Labute approximate surface area is 120 Å². The zero-order valence-corrected chi connectivity index (χ0v) is 13.2. The molecule has 0 N–H and O–H groups in total. The van der Waals surface area contributed by atoms with Crippen molar-refractivity contribution in [2.75, 3.05) is 0 Å². The summed E-state index contributed by atoms with van der Waals surface area (Å²) in [5.41, 5.74) is 1.36. The Morgan fingerprint density at radius 1 is 1.40 bits per heavy atom. The van der Waals surface area contributed by atoms with Gasteiger partial charge in [0.1, 0.15) is 0 Å². The molecule has 2 atom stereocenters. The van der Waals surface area contributed by atoms with Gasteiger partial charge in [0.15, 0.2) is 0 Å². The van der Waals surface area contributed by atoms with Crippen molar-refractivity contribution in [1.29, 1.82) is 0 Å². The van der Waals surface area contributed by atoms with Gasteiger partial charge in [-0.15, -0.1) is 6.58 Å². The Bertz CT molecular complexity index is 308. The highest BCUT2D eigenvalue weighted by Crippen LogP contribution is 2.39. The van der Waals surface area contributed by atoms with E-state index in [1.165, 1.54) is 12.0 Å². The molecule has 15 heavy (non-hydrogen) atoms. The van der Waals surface area contributed by atoms with Crippen molar-refractivity contribution >= 4 is 45.2 Å². The van der Waals surface area contributed by atoms with Crippen LogP contribution in [0, 0.1) is 0 Å². The van der Waals surface area contributed by atoms with Crippen molar-refractivity contribution in [2.24, 2.45) is 0 Å². The molecule has 0 aliphatic carbocycles.